The molecule has 2 fully saturated rings. The van der Waals surface area contributed by atoms with Crippen LogP contribution in [0.3, 0.4) is 0 Å². The Labute approximate surface area is 107 Å². The van der Waals surface area contributed by atoms with E-state index in [1.165, 1.54) is 0 Å². The van der Waals surface area contributed by atoms with Crippen molar-refractivity contribution in [1.82, 2.24) is 0 Å². The maximum Gasteiger partial charge on any atom is 0.161 e. The second kappa shape index (κ2) is 5.65. The lowest BCUT2D eigenvalue weighted by Crippen LogP contribution is -2.50. The summed E-state index contributed by atoms with van der Waals surface area (Å²) in [5.74, 6) is 0.108. The van der Waals surface area contributed by atoms with E-state index in [1.54, 1.807) is 6.92 Å². The number of aliphatic hydroxyl groups excluding tert-OH is 1. The summed E-state index contributed by atoms with van der Waals surface area (Å²) in [7, 11) is 0. The maximum absolute atomic E-state index is 11.3. The number of ketones is 1. The summed E-state index contributed by atoms with van der Waals surface area (Å²) in [5, 5.41) is 10.0. The van der Waals surface area contributed by atoms with Crippen LogP contribution in [0.25, 0.3) is 0 Å². The van der Waals surface area contributed by atoms with Crippen molar-refractivity contribution >= 4 is 5.78 Å². The van der Waals surface area contributed by atoms with Crippen molar-refractivity contribution in [2.45, 2.75) is 76.8 Å². The molecule has 0 aliphatic carbocycles. The minimum atomic E-state index is -0.541. The first kappa shape index (κ1) is 13.9. The van der Waals surface area contributed by atoms with Crippen LogP contribution in [0.1, 0.15) is 40.0 Å². The molecule has 0 saturated carbocycles. The van der Waals surface area contributed by atoms with Crippen molar-refractivity contribution in [2.75, 3.05) is 0 Å². The topological polar surface area (TPSA) is 65.0 Å². The maximum atomic E-state index is 11.3. The van der Waals surface area contributed by atoms with Gasteiger partial charge in [0, 0.05) is 19.3 Å². The Hall–Kier alpha value is -0.490. The van der Waals surface area contributed by atoms with Crippen LogP contribution in [0.5, 0.6) is 0 Å². The van der Waals surface area contributed by atoms with Crippen LogP contribution in [-0.2, 0) is 19.0 Å². The van der Waals surface area contributed by atoms with Gasteiger partial charge in [-0.05, 0) is 20.8 Å². The van der Waals surface area contributed by atoms with Gasteiger partial charge in [0.2, 0.25) is 0 Å². The smallest absolute Gasteiger partial charge is 0.161 e. The third-order valence-electron chi connectivity index (χ3n) is 3.61. The fourth-order valence-electron chi connectivity index (χ4n) is 2.60. The molecule has 0 radical (unpaired) electrons. The van der Waals surface area contributed by atoms with Crippen molar-refractivity contribution in [3.63, 3.8) is 0 Å². The molecule has 6 unspecified atom stereocenters. The van der Waals surface area contributed by atoms with Gasteiger partial charge < -0.3 is 19.3 Å². The second-order valence-corrected chi connectivity index (χ2v) is 5.27. The fraction of sp³-hybridized carbons (Fsp3) is 0.923. The molecule has 2 aliphatic heterocycles. The standard InChI is InChI=1S/C13H22O5/c1-7-6-11(15)13(9(3)16-7)18-12-5-4-10(14)8(2)17-12/h7-9,11-13,15H,4-6H2,1-3H3. The first-order valence-corrected chi connectivity index (χ1v) is 6.64. The van der Waals surface area contributed by atoms with Gasteiger partial charge in [-0.15, -0.1) is 0 Å². The Morgan fingerprint density at radius 2 is 2.00 bits per heavy atom. The lowest BCUT2D eigenvalue weighted by molar-refractivity contribution is -0.260. The number of carbonyl (C=O) groups is 1. The highest BCUT2D eigenvalue weighted by molar-refractivity contribution is 5.83. The molecule has 2 heterocycles. The van der Waals surface area contributed by atoms with Gasteiger partial charge in [-0.25, -0.2) is 0 Å². The van der Waals surface area contributed by atoms with Gasteiger partial charge in [0.15, 0.2) is 12.1 Å². The van der Waals surface area contributed by atoms with Gasteiger partial charge in [0.1, 0.15) is 12.2 Å². The predicted octanol–water partition coefficient (Wildman–Crippen LogP) is 1.02. The van der Waals surface area contributed by atoms with Gasteiger partial charge in [-0.3, -0.25) is 4.79 Å². The van der Waals surface area contributed by atoms with E-state index in [0.29, 0.717) is 19.3 Å². The zero-order chi connectivity index (χ0) is 13.3. The van der Waals surface area contributed by atoms with E-state index in [-0.39, 0.29) is 24.1 Å². The Kier molecular flexibility index (Phi) is 4.37. The molecule has 6 atom stereocenters. The number of aliphatic hydroxyl groups is 1. The number of ether oxygens (including phenoxy) is 3. The zero-order valence-corrected chi connectivity index (χ0v) is 11.2. The van der Waals surface area contributed by atoms with Crippen LogP contribution in [-0.4, -0.2) is 47.7 Å². The van der Waals surface area contributed by atoms with Gasteiger partial charge in [-0.1, -0.05) is 0 Å². The van der Waals surface area contributed by atoms with Crippen LogP contribution < -0.4 is 0 Å². The monoisotopic (exact) mass is 258 g/mol. The van der Waals surface area contributed by atoms with Gasteiger partial charge in [0.05, 0.1) is 18.3 Å². The number of hydrogen-bond donors (Lipinski definition) is 1. The van der Waals surface area contributed by atoms with Crippen molar-refractivity contribution in [3.05, 3.63) is 0 Å². The molecule has 0 aromatic rings. The van der Waals surface area contributed by atoms with Crippen molar-refractivity contribution in [3.8, 4) is 0 Å². The first-order chi connectivity index (χ1) is 8.47. The van der Waals surface area contributed by atoms with Crippen LogP contribution in [0.15, 0.2) is 0 Å². The number of hydrogen-bond acceptors (Lipinski definition) is 5. The van der Waals surface area contributed by atoms with Crippen molar-refractivity contribution < 1.29 is 24.1 Å². The summed E-state index contributed by atoms with van der Waals surface area (Å²) in [5.41, 5.74) is 0. The molecule has 1 N–H and O–H groups in total. The van der Waals surface area contributed by atoms with Crippen LogP contribution in [0, 0.1) is 0 Å². The number of rotatable bonds is 2. The molecule has 2 saturated heterocycles. The van der Waals surface area contributed by atoms with E-state index in [0.717, 1.165) is 0 Å². The van der Waals surface area contributed by atoms with E-state index < -0.39 is 18.5 Å². The van der Waals surface area contributed by atoms with Crippen LogP contribution in [0.4, 0.5) is 0 Å². The molecule has 18 heavy (non-hydrogen) atoms. The molecular weight excluding hydrogens is 236 g/mol. The quantitative estimate of drug-likeness (QED) is 0.801. The lowest BCUT2D eigenvalue weighted by Gasteiger charge is -2.39. The van der Waals surface area contributed by atoms with E-state index in [1.807, 2.05) is 13.8 Å². The Morgan fingerprint density at radius 1 is 1.28 bits per heavy atom. The van der Waals surface area contributed by atoms with E-state index in [9.17, 15) is 9.90 Å². The normalized spacial score (nSPS) is 46.1. The van der Waals surface area contributed by atoms with Crippen LogP contribution >= 0.6 is 0 Å². The first-order valence-electron chi connectivity index (χ1n) is 6.64. The predicted molar refractivity (Wildman–Crippen MR) is 64.1 cm³/mol. The molecule has 0 aromatic carbocycles. The van der Waals surface area contributed by atoms with Gasteiger partial charge in [0.25, 0.3) is 0 Å². The largest absolute Gasteiger partial charge is 0.390 e. The SMILES string of the molecule is CC1CC(O)C(OC2CCC(=O)C(C)O2)C(C)O1. The highest BCUT2D eigenvalue weighted by atomic mass is 16.7. The Balaban J connectivity index is 1.90. The summed E-state index contributed by atoms with van der Waals surface area (Å²) >= 11 is 0. The third-order valence-corrected chi connectivity index (χ3v) is 3.61. The summed E-state index contributed by atoms with van der Waals surface area (Å²) in [6.45, 7) is 5.56. The Bertz CT molecular complexity index is 294. The molecule has 0 amide bonds. The summed E-state index contributed by atoms with van der Waals surface area (Å²) < 4.78 is 16.9. The lowest BCUT2D eigenvalue weighted by atomic mass is 9.99. The third kappa shape index (κ3) is 3.09. The molecular formula is C13H22O5. The molecule has 5 heteroatoms. The molecule has 0 aromatic heterocycles. The summed E-state index contributed by atoms with van der Waals surface area (Å²) in [6, 6.07) is 0. The van der Waals surface area contributed by atoms with E-state index in [2.05, 4.69) is 0 Å². The zero-order valence-electron chi connectivity index (χ0n) is 11.2. The second-order valence-electron chi connectivity index (χ2n) is 5.27. The number of carbonyl (C=O) groups excluding carboxylic acids is 1. The number of Topliss-reactive ketones (excluding diaryl/α,β-unsaturated/α-hetero) is 1. The average Bonchev–Trinajstić information content (AvgIpc) is 2.28. The van der Waals surface area contributed by atoms with E-state index >= 15 is 0 Å². The fourth-order valence-corrected chi connectivity index (χ4v) is 2.60. The van der Waals surface area contributed by atoms with E-state index in [4.69, 9.17) is 14.2 Å². The molecule has 104 valence electrons. The van der Waals surface area contributed by atoms with Gasteiger partial charge in [-0.2, -0.15) is 0 Å². The minimum absolute atomic E-state index is 0.0441. The van der Waals surface area contributed by atoms with Crippen molar-refractivity contribution in [2.24, 2.45) is 0 Å². The van der Waals surface area contributed by atoms with Crippen LogP contribution in [0.2, 0.25) is 0 Å². The highest BCUT2D eigenvalue weighted by Crippen LogP contribution is 2.26. The average molecular weight is 258 g/mol. The molecule has 5 nitrogen and oxygen atoms in total. The molecule has 0 spiro atoms. The molecule has 2 rings (SSSR count). The molecule has 2 aliphatic rings. The Morgan fingerprint density at radius 3 is 2.61 bits per heavy atom. The minimum Gasteiger partial charge on any atom is -0.390 e. The molecule has 0 bridgehead atoms. The summed E-state index contributed by atoms with van der Waals surface area (Å²) in [4.78, 5) is 11.3. The highest BCUT2D eigenvalue weighted by Gasteiger charge is 2.38. The summed E-state index contributed by atoms with van der Waals surface area (Å²) in [6.07, 6.45) is -0.295. The van der Waals surface area contributed by atoms with Gasteiger partial charge >= 0.3 is 0 Å². The van der Waals surface area contributed by atoms with Crippen molar-refractivity contribution in [1.29, 1.82) is 0 Å².